The molecule has 2 rings (SSSR count). The van der Waals surface area contributed by atoms with Crippen molar-refractivity contribution in [2.24, 2.45) is 0 Å². The fraction of sp³-hybridized carbons (Fsp3) is 0.350. The van der Waals surface area contributed by atoms with Crippen molar-refractivity contribution in [1.82, 2.24) is 4.90 Å². The Morgan fingerprint density at radius 3 is 2.54 bits per heavy atom. The molecule has 1 atom stereocenters. The van der Waals surface area contributed by atoms with Gasteiger partial charge in [0.1, 0.15) is 11.8 Å². The highest BCUT2D eigenvalue weighted by atomic mass is 16.5. The Balaban J connectivity index is 1.81. The first-order valence-corrected chi connectivity index (χ1v) is 8.25. The third-order valence-corrected chi connectivity index (χ3v) is 4.07. The van der Waals surface area contributed by atoms with Gasteiger partial charge in [-0.05, 0) is 50.1 Å². The second kappa shape index (κ2) is 9.08. The number of carboxylic acids is 1. The number of likely N-dealkylation sites (N-methyl/N-ethyl adjacent to an activating group) is 1. The van der Waals surface area contributed by atoms with Crippen LogP contribution in [-0.2, 0) is 17.8 Å². The highest BCUT2D eigenvalue weighted by Crippen LogP contribution is 2.16. The molecular formula is C20H25NO3. The van der Waals surface area contributed by atoms with Crippen LogP contribution in [0.25, 0.3) is 0 Å². The standard InChI is InChI=1S/C20H25NO3/c1-16(20(22)23)21(2)15-18-10-6-12-19(14-18)24-13-7-11-17-8-4-3-5-9-17/h3-6,8-10,12,14,16H,7,11,13,15H2,1-2H3,(H,22,23). The van der Waals surface area contributed by atoms with Crippen LogP contribution in [-0.4, -0.2) is 35.7 Å². The number of carbonyl (C=O) groups is 1. The van der Waals surface area contributed by atoms with Gasteiger partial charge in [-0.2, -0.15) is 0 Å². The first kappa shape index (κ1) is 18.0. The molecule has 1 unspecified atom stereocenters. The van der Waals surface area contributed by atoms with Crippen molar-refractivity contribution in [3.05, 3.63) is 65.7 Å². The van der Waals surface area contributed by atoms with Crippen molar-refractivity contribution >= 4 is 5.97 Å². The Bertz CT molecular complexity index is 642. The van der Waals surface area contributed by atoms with Gasteiger partial charge < -0.3 is 9.84 Å². The predicted octanol–water partition coefficient (Wildman–Crippen LogP) is 3.60. The molecule has 0 aromatic heterocycles. The Kier molecular flexibility index (Phi) is 6.82. The molecular weight excluding hydrogens is 302 g/mol. The number of nitrogens with zero attached hydrogens (tertiary/aromatic N) is 1. The molecule has 24 heavy (non-hydrogen) atoms. The molecule has 4 nitrogen and oxygen atoms in total. The number of carboxylic acid groups (broad SMARTS) is 1. The maximum atomic E-state index is 11.0. The van der Waals surface area contributed by atoms with Gasteiger partial charge >= 0.3 is 5.97 Å². The van der Waals surface area contributed by atoms with Crippen LogP contribution in [0.15, 0.2) is 54.6 Å². The minimum Gasteiger partial charge on any atom is -0.494 e. The van der Waals surface area contributed by atoms with Crippen LogP contribution in [0.5, 0.6) is 5.75 Å². The molecule has 0 aliphatic heterocycles. The Morgan fingerprint density at radius 2 is 1.83 bits per heavy atom. The smallest absolute Gasteiger partial charge is 0.320 e. The number of rotatable bonds is 9. The van der Waals surface area contributed by atoms with Gasteiger partial charge in [-0.25, -0.2) is 0 Å². The quantitative estimate of drug-likeness (QED) is 0.715. The number of hydrogen-bond acceptors (Lipinski definition) is 3. The van der Waals surface area contributed by atoms with Gasteiger partial charge in [0.05, 0.1) is 6.61 Å². The fourth-order valence-electron chi connectivity index (χ4n) is 2.46. The van der Waals surface area contributed by atoms with E-state index in [1.54, 1.807) is 11.8 Å². The number of aryl methyl sites for hydroxylation is 1. The van der Waals surface area contributed by atoms with Crippen molar-refractivity contribution in [3.8, 4) is 5.75 Å². The summed E-state index contributed by atoms with van der Waals surface area (Å²) >= 11 is 0. The van der Waals surface area contributed by atoms with Crippen molar-refractivity contribution in [2.75, 3.05) is 13.7 Å². The molecule has 2 aromatic rings. The largest absolute Gasteiger partial charge is 0.494 e. The summed E-state index contributed by atoms with van der Waals surface area (Å²) in [7, 11) is 1.81. The second-order valence-electron chi connectivity index (χ2n) is 6.01. The number of aliphatic carboxylic acids is 1. The third kappa shape index (κ3) is 5.70. The van der Waals surface area contributed by atoms with Crippen LogP contribution in [0.1, 0.15) is 24.5 Å². The Labute approximate surface area is 143 Å². The summed E-state index contributed by atoms with van der Waals surface area (Å²) in [5.74, 6) is 0.0164. The second-order valence-corrected chi connectivity index (χ2v) is 6.01. The lowest BCUT2D eigenvalue weighted by Gasteiger charge is -2.21. The van der Waals surface area contributed by atoms with Crippen molar-refractivity contribution in [2.45, 2.75) is 32.4 Å². The lowest BCUT2D eigenvalue weighted by atomic mass is 10.1. The molecule has 0 radical (unpaired) electrons. The summed E-state index contributed by atoms with van der Waals surface area (Å²) in [6, 6.07) is 17.7. The number of ether oxygens (including phenoxy) is 1. The first-order valence-electron chi connectivity index (χ1n) is 8.25. The van der Waals surface area contributed by atoms with Crippen LogP contribution in [0, 0.1) is 0 Å². The van der Waals surface area contributed by atoms with E-state index in [1.165, 1.54) is 5.56 Å². The van der Waals surface area contributed by atoms with Crippen LogP contribution in [0.2, 0.25) is 0 Å². The van der Waals surface area contributed by atoms with Crippen LogP contribution >= 0.6 is 0 Å². The Morgan fingerprint density at radius 1 is 1.12 bits per heavy atom. The van der Waals surface area contributed by atoms with Gasteiger partial charge in [-0.1, -0.05) is 42.5 Å². The average molecular weight is 327 g/mol. The SMILES string of the molecule is CC(C(=O)O)N(C)Cc1cccc(OCCCc2ccccc2)c1. The lowest BCUT2D eigenvalue weighted by molar-refractivity contribution is -0.142. The van der Waals surface area contributed by atoms with Gasteiger partial charge in [0.15, 0.2) is 0 Å². The maximum Gasteiger partial charge on any atom is 0.320 e. The summed E-state index contributed by atoms with van der Waals surface area (Å²) in [6.07, 6.45) is 1.96. The summed E-state index contributed by atoms with van der Waals surface area (Å²) in [5, 5.41) is 9.06. The maximum absolute atomic E-state index is 11.0. The molecule has 0 heterocycles. The molecule has 0 spiro atoms. The van der Waals surface area contributed by atoms with Crippen molar-refractivity contribution in [3.63, 3.8) is 0 Å². The summed E-state index contributed by atoms with van der Waals surface area (Å²) in [4.78, 5) is 12.8. The molecule has 0 bridgehead atoms. The monoisotopic (exact) mass is 327 g/mol. The van der Waals surface area contributed by atoms with Gasteiger partial charge in [0.2, 0.25) is 0 Å². The molecule has 1 N–H and O–H groups in total. The zero-order valence-corrected chi connectivity index (χ0v) is 14.3. The molecule has 0 aliphatic carbocycles. The summed E-state index contributed by atoms with van der Waals surface area (Å²) in [6.45, 7) is 2.93. The number of hydrogen-bond donors (Lipinski definition) is 1. The predicted molar refractivity (Wildman–Crippen MR) is 95.3 cm³/mol. The first-order chi connectivity index (χ1) is 11.6. The number of benzene rings is 2. The summed E-state index contributed by atoms with van der Waals surface area (Å²) in [5.41, 5.74) is 2.37. The van der Waals surface area contributed by atoms with Gasteiger partial charge in [0, 0.05) is 6.54 Å². The van der Waals surface area contributed by atoms with E-state index in [2.05, 4.69) is 12.1 Å². The summed E-state index contributed by atoms with van der Waals surface area (Å²) < 4.78 is 5.82. The average Bonchev–Trinajstić information content (AvgIpc) is 2.59. The lowest BCUT2D eigenvalue weighted by Crippen LogP contribution is -2.35. The van der Waals surface area contributed by atoms with Gasteiger partial charge in [-0.3, -0.25) is 9.69 Å². The molecule has 0 fully saturated rings. The van der Waals surface area contributed by atoms with Crippen molar-refractivity contribution in [1.29, 1.82) is 0 Å². The molecule has 0 saturated carbocycles. The van der Waals surface area contributed by atoms with Gasteiger partial charge in [0.25, 0.3) is 0 Å². The van der Waals surface area contributed by atoms with E-state index in [1.807, 2.05) is 49.5 Å². The highest BCUT2D eigenvalue weighted by molar-refractivity contribution is 5.72. The topological polar surface area (TPSA) is 49.8 Å². The Hall–Kier alpha value is -2.33. The van der Waals surface area contributed by atoms with E-state index in [0.717, 1.165) is 24.2 Å². The molecule has 2 aromatic carbocycles. The van der Waals surface area contributed by atoms with E-state index in [9.17, 15) is 4.79 Å². The normalized spacial score (nSPS) is 12.1. The van der Waals surface area contributed by atoms with E-state index in [-0.39, 0.29) is 0 Å². The zero-order chi connectivity index (χ0) is 17.4. The van der Waals surface area contributed by atoms with Crippen LogP contribution < -0.4 is 4.74 Å². The zero-order valence-electron chi connectivity index (χ0n) is 14.3. The van der Waals surface area contributed by atoms with Crippen LogP contribution in [0.4, 0.5) is 0 Å². The third-order valence-electron chi connectivity index (χ3n) is 4.07. The minimum atomic E-state index is -0.814. The molecule has 128 valence electrons. The minimum absolute atomic E-state index is 0.513. The van der Waals surface area contributed by atoms with E-state index < -0.39 is 12.0 Å². The van der Waals surface area contributed by atoms with E-state index >= 15 is 0 Å². The molecule has 4 heteroatoms. The van der Waals surface area contributed by atoms with Gasteiger partial charge in [-0.15, -0.1) is 0 Å². The molecule has 0 aliphatic rings. The fourth-order valence-corrected chi connectivity index (χ4v) is 2.46. The van der Waals surface area contributed by atoms with E-state index in [0.29, 0.717) is 13.2 Å². The molecule has 0 saturated heterocycles. The van der Waals surface area contributed by atoms with E-state index in [4.69, 9.17) is 9.84 Å². The highest BCUT2D eigenvalue weighted by Gasteiger charge is 2.16. The van der Waals surface area contributed by atoms with Crippen molar-refractivity contribution < 1.29 is 14.6 Å². The van der Waals surface area contributed by atoms with Crippen LogP contribution in [0.3, 0.4) is 0 Å². The molecule has 0 amide bonds.